The number of alkyl halides is 3. The Hall–Kier alpha value is -1.82. The molecular formula is C18H21F3N2O. The summed E-state index contributed by atoms with van der Waals surface area (Å²) in [5, 5.41) is 0.833. The monoisotopic (exact) mass is 338 g/mol. The highest BCUT2D eigenvalue weighted by Gasteiger charge is 2.59. The number of rotatable bonds is 4. The van der Waals surface area contributed by atoms with Gasteiger partial charge in [0.1, 0.15) is 5.54 Å². The molecule has 1 saturated heterocycles. The van der Waals surface area contributed by atoms with E-state index in [1.54, 1.807) is 19.1 Å². The van der Waals surface area contributed by atoms with Crippen LogP contribution in [0, 0.1) is 0 Å². The second kappa shape index (κ2) is 6.24. The van der Waals surface area contributed by atoms with Gasteiger partial charge in [0.25, 0.3) is 5.56 Å². The summed E-state index contributed by atoms with van der Waals surface area (Å²) in [5.41, 5.74) is -1.03. The number of nitrogens with one attached hydrogen (secondary N) is 1. The zero-order chi connectivity index (χ0) is 17.4. The average molecular weight is 338 g/mol. The van der Waals surface area contributed by atoms with E-state index in [1.165, 1.54) is 4.90 Å². The summed E-state index contributed by atoms with van der Waals surface area (Å²) in [6.07, 6.45) is -3.14. The highest BCUT2D eigenvalue weighted by Crippen LogP contribution is 2.46. The van der Waals surface area contributed by atoms with E-state index in [0.29, 0.717) is 30.5 Å². The molecule has 1 N–H and O–H groups in total. The molecule has 0 bridgehead atoms. The fourth-order valence-electron chi connectivity index (χ4n) is 3.84. The minimum atomic E-state index is -4.29. The van der Waals surface area contributed by atoms with Crippen LogP contribution in [0.2, 0.25) is 0 Å². The Morgan fingerprint density at radius 3 is 2.75 bits per heavy atom. The normalized spacial score (nSPS) is 22.3. The van der Waals surface area contributed by atoms with Crippen LogP contribution in [0.5, 0.6) is 0 Å². The third-order valence-electron chi connectivity index (χ3n) is 5.01. The third-order valence-corrected chi connectivity index (χ3v) is 5.01. The van der Waals surface area contributed by atoms with E-state index in [-0.39, 0.29) is 24.9 Å². The van der Waals surface area contributed by atoms with Crippen LogP contribution in [-0.4, -0.2) is 28.1 Å². The predicted octanol–water partition coefficient (Wildman–Crippen LogP) is 4.23. The average Bonchev–Trinajstić information content (AvgIpc) is 2.92. The Morgan fingerprint density at radius 1 is 1.29 bits per heavy atom. The molecule has 3 nitrogen and oxygen atoms in total. The number of aromatic nitrogens is 1. The van der Waals surface area contributed by atoms with Gasteiger partial charge in [0.2, 0.25) is 0 Å². The summed E-state index contributed by atoms with van der Waals surface area (Å²) < 4.78 is 41.3. The quantitative estimate of drug-likeness (QED) is 0.906. The minimum Gasteiger partial charge on any atom is -0.322 e. The molecule has 1 aromatic heterocycles. The second-order valence-electron chi connectivity index (χ2n) is 6.52. The Labute approximate surface area is 138 Å². The number of nitrogens with zero attached hydrogens (tertiary/aromatic N) is 1. The summed E-state index contributed by atoms with van der Waals surface area (Å²) in [4.78, 5) is 16.5. The summed E-state index contributed by atoms with van der Waals surface area (Å²) in [7, 11) is 0. The number of hydrogen-bond donors (Lipinski definition) is 1. The first-order valence-corrected chi connectivity index (χ1v) is 8.30. The van der Waals surface area contributed by atoms with Crippen LogP contribution in [0.3, 0.4) is 0 Å². The fraction of sp³-hybridized carbons (Fsp3) is 0.500. The van der Waals surface area contributed by atoms with E-state index >= 15 is 0 Å². The summed E-state index contributed by atoms with van der Waals surface area (Å²) in [5.74, 6) is 0. The standard InChI is InChI=1S/C18H21F3N2O/c1-2-8-17(18(19,20)21)9-5-10-23(17)12-14-11-13-6-3-4-7-15(13)22-16(14)24/h3-4,6-7,11H,2,5,8-10,12H2,1H3,(H,22,24). The van der Waals surface area contributed by atoms with Gasteiger partial charge in [-0.15, -0.1) is 0 Å². The number of hydrogen-bond acceptors (Lipinski definition) is 2. The molecule has 24 heavy (non-hydrogen) atoms. The first-order chi connectivity index (χ1) is 11.4. The first-order valence-electron chi connectivity index (χ1n) is 8.30. The van der Waals surface area contributed by atoms with Crippen LogP contribution >= 0.6 is 0 Å². The van der Waals surface area contributed by atoms with Gasteiger partial charge in [-0.1, -0.05) is 31.5 Å². The number of H-pyrrole nitrogens is 1. The van der Waals surface area contributed by atoms with Crippen molar-refractivity contribution in [3.05, 3.63) is 46.2 Å². The largest absolute Gasteiger partial charge is 0.406 e. The van der Waals surface area contributed by atoms with Gasteiger partial charge in [-0.3, -0.25) is 9.69 Å². The lowest BCUT2D eigenvalue weighted by atomic mass is 9.89. The third kappa shape index (κ3) is 2.83. The number of aromatic amines is 1. The first kappa shape index (κ1) is 17.0. The lowest BCUT2D eigenvalue weighted by Crippen LogP contribution is -2.55. The van der Waals surface area contributed by atoms with Gasteiger partial charge in [0, 0.05) is 17.6 Å². The molecule has 1 aliphatic rings. The lowest BCUT2D eigenvalue weighted by molar-refractivity contribution is -0.227. The van der Waals surface area contributed by atoms with E-state index in [4.69, 9.17) is 0 Å². The van der Waals surface area contributed by atoms with Crippen molar-refractivity contribution in [2.24, 2.45) is 0 Å². The molecule has 0 saturated carbocycles. The van der Waals surface area contributed by atoms with Gasteiger partial charge in [-0.25, -0.2) is 0 Å². The van der Waals surface area contributed by atoms with Crippen molar-refractivity contribution < 1.29 is 13.2 Å². The van der Waals surface area contributed by atoms with Crippen LogP contribution in [0.25, 0.3) is 10.9 Å². The van der Waals surface area contributed by atoms with Crippen LogP contribution in [0.15, 0.2) is 35.1 Å². The zero-order valence-electron chi connectivity index (χ0n) is 13.6. The van der Waals surface area contributed by atoms with Gasteiger partial charge in [-0.05, 0) is 43.3 Å². The highest BCUT2D eigenvalue weighted by molar-refractivity contribution is 5.78. The van der Waals surface area contributed by atoms with Gasteiger partial charge >= 0.3 is 6.18 Å². The molecule has 3 rings (SSSR count). The molecule has 6 heteroatoms. The molecule has 0 spiro atoms. The van der Waals surface area contributed by atoms with Crippen molar-refractivity contribution in [1.29, 1.82) is 0 Å². The number of benzene rings is 1. The van der Waals surface area contributed by atoms with Crippen LogP contribution < -0.4 is 5.56 Å². The van der Waals surface area contributed by atoms with Gasteiger partial charge in [-0.2, -0.15) is 13.2 Å². The van der Waals surface area contributed by atoms with E-state index in [9.17, 15) is 18.0 Å². The van der Waals surface area contributed by atoms with Crippen molar-refractivity contribution in [1.82, 2.24) is 9.88 Å². The number of likely N-dealkylation sites (tertiary alicyclic amines) is 1. The van der Waals surface area contributed by atoms with Crippen molar-refractivity contribution >= 4 is 10.9 Å². The SMILES string of the molecule is CCCC1(C(F)(F)F)CCCN1Cc1cc2ccccc2[nH]c1=O. The Morgan fingerprint density at radius 2 is 2.04 bits per heavy atom. The number of pyridine rings is 1. The summed E-state index contributed by atoms with van der Waals surface area (Å²) >= 11 is 0. The van der Waals surface area contributed by atoms with E-state index in [2.05, 4.69) is 4.98 Å². The molecule has 1 unspecified atom stereocenters. The predicted molar refractivity (Wildman–Crippen MR) is 87.9 cm³/mol. The molecule has 1 fully saturated rings. The summed E-state index contributed by atoms with van der Waals surface area (Å²) in [6, 6.07) is 9.00. The van der Waals surface area contributed by atoms with Gasteiger partial charge in [0.05, 0.1) is 0 Å². The van der Waals surface area contributed by atoms with E-state index < -0.39 is 11.7 Å². The van der Waals surface area contributed by atoms with Crippen LogP contribution in [0.4, 0.5) is 13.2 Å². The fourth-order valence-corrected chi connectivity index (χ4v) is 3.84. The van der Waals surface area contributed by atoms with Crippen molar-refractivity contribution in [3.63, 3.8) is 0 Å². The van der Waals surface area contributed by atoms with E-state index in [0.717, 1.165) is 5.39 Å². The molecule has 0 aliphatic carbocycles. The number of para-hydroxylation sites is 1. The highest BCUT2D eigenvalue weighted by atomic mass is 19.4. The topological polar surface area (TPSA) is 36.1 Å². The molecule has 1 aliphatic heterocycles. The maximum Gasteiger partial charge on any atom is 0.406 e. The van der Waals surface area contributed by atoms with Crippen molar-refractivity contribution in [3.8, 4) is 0 Å². The number of fused-ring (bicyclic) bond motifs is 1. The molecule has 0 amide bonds. The Kier molecular flexibility index (Phi) is 4.42. The molecule has 0 radical (unpaired) electrons. The van der Waals surface area contributed by atoms with Crippen LogP contribution in [-0.2, 0) is 6.54 Å². The van der Waals surface area contributed by atoms with Crippen molar-refractivity contribution in [2.45, 2.75) is 50.9 Å². The molecule has 1 aromatic carbocycles. The Balaban J connectivity index is 1.97. The lowest BCUT2D eigenvalue weighted by Gasteiger charge is -2.40. The minimum absolute atomic E-state index is 0.0275. The molecular weight excluding hydrogens is 317 g/mol. The van der Waals surface area contributed by atoms with E-state index in [1.807, 2.05) is 18.2 Å². The second-order valence-corrected chi connectivity index (χ2v) is 6.52. The number of halogens is 3. The summed E-state index contributed by atoms with van der Waals surface area (Å²) in [6.45, 7) is 2.16. The Bertz CT molecular complexity index is 784. The zero-order valence-corrected chi connectivity index (χ0v) is 13.6. The maximum atomic E-state index is 13.8. The maximum absolute atomic E-state index is 13.8. The van der Waals surface area contributed by atoms with Gasteiger partial charge < -0.3 is 4.98 Å². The molecule has 130 valence electrons. The van der Waals surface area contributed by atoms with Gasteiger partial charge in [0.15, 0.2) is 0 Å². The van der Waals surface area contributed by atoms with Crippen LogP contribution in [0.1, 0.15) is 38.2 Å². The molecule has 1 atom stereocenters. The van der Waals surface area contributed by atoms with Crippen molar-refractivity contribution in [2.75, 3.05) is 6.54 Å². The smallest absolute Gasteiger partial charge is 0.322 e. The molecule has 2 heterocycles. The molecule has 2 aromatic rings.